The zero-order valence-electron chi connectivity index (χ0n) is 13.0. The van der Waals surface area contributed by atoms with Gasteiger partial charge >= 0.3 is 0 Å². The fourth-order valence-corrected chi connectivity index (χ4v) is 1.93. The molecule has 0 aliphatic rings. The predicted molar refractivity (Wildman–Crippen MR) is 88.3 cm³/mol. The molecular formula is C17H17ClO5. The fraction of sp³-hybridized carbons (Fsp3) is 0.176. The fourth-order valence-electron chi connectivity index (χ4n) is 1.70. The molecule has 5 nitrogen and oxygen atoms in total. The van der Waals surface area contributed by atoms with Crippen LogP contribution in [0.5, 0.6) is 17.2 Å². The molecule has 0 atom stereocenters. The van der Waals surface area contributed by atoms with Crippen molar-refractivity contribution in [2.24, 2.45) is 0 Å². The second-order valence-electron chi connectivity index (χ2n) is 4.27. The summed E-state index contributed by atoms with van der Waals surface area (Å²) in [6.45, 7) is 0. The van der Waals surface area contributed by atoms with Crippen LogP contribution in [0.4, 0.5) is 0 Å². The third-order valence-corrected chi connectivity index (χ3v) is 3.03. The molecule has 0 bridgehead atoms. The standard InChI is InChI=1S/C9H10O3.C8H7ClO2/c1-11-8-4-3-7(6-10)5-9(8)12-2;1-11-8-3-6(5-10)2-7(9)4-8/h3-6H,1-2H3;2-5H,1H3. The summed E-state index contributed by atoms with van der Waals surface area (Å²) < 4.78 is 14.9. The Balaban J connectivity index is 0.000000231. The number of hydrogen-bond acceptors (Lipinski definition) is 5. The van der Waals surface area contributed by atoms with E-state index in [1.165, 1.54) is 14.2 Å². The van der Waals surface area contributed by atoms with Crippen LogP contribution in [0.2, 0.25) is 5.02 Å². The number of benzene rings is 2. The Morgan fingerprint density at radius 3 is 1.96 bits per heavy atom. The van der Waals surface area contributed by atoms with Crippen molar-refractivity contribution in [3.8, 4) is 17.2 Å². The lowest BCUT2D eigenvalue weighted by atomic mass is 10.2. The Morgan fingerprint density at radius 2 is 1.43 bits per heavy atom. The monoisotopic (exact) mass is 336 g/mol. The van der Waals surface area contributed by atoms with E-state index in [0.717, 1.165) is 12.6 Å². The molecule has 0 unspecified atom stereocenters. The van der Waals surface area contributed by atoms with Crippen LogP contribution in [0.3, 0.4) is 0 Å². The van der Waals surface area contributed by atoms with Crippen LogP contribution in [-0.4, -0.2) is 33.9 Å². The molecule has 6 heteroatoms. The van der Waals surface area contributed by atoms with Gasteiger partial charge in [-0.25, -0.2) is 0 Å². The molecule has 0 aliphatic heterocycles. The topological polar surface area (TPSA) is 61.8 Å². The van der Waals surface area contributed by atoms with Gasteiger partial charge in [-0.15, -0.1) is 0 Å². The Kier molecular flexibility index (Phi) is 7.63. The molecule has 0 saturated heterocycles. The van der Waals surface area contributed by atoms with Crippen molar-refractivity contribution < 1.29 is 23.8 Å². The van der Waals surface area contributed by atoms with Gasteiger partial charge in [0.05, 0.1) is 21.3 Å². The highest BCUT2D eigenvalue weighted by Gasteiger charge is 2.02. The van der Waals surface area contributed by atoms with Crippen molar-refractivity contribution in [2.45, 2.75) is 0 Å². The number of carbonyl (C=O) groups excluding carboxylic acids is 2. The Hall–Kier alpha value is -2.53. The van der Waals surface area contributed by atoms with Gasteiger partial charge in [0.1, 0.15) is 18.3 Å². The first kappa shape index (κ1) is 18.5. The summed E-state index contributed by atoms with van der Waals surface area (Å²) in [5, 5.41) is 0.506. The van der Waals surface area contributed by atoms with Crippen LogP contribution in [-0.2, 0) is 0 Å². The molecule has 23 heavy (non-hydrogen) atoms. The average Bonchev–Trinajstić information content (AvgIpc) is 2.60. The van der Waals surface area contributed by atoms with E-state index in [1.807, 2.05) is 0 Å². The first-order valence-electron chi connectivity index (χ1n) is 6.54. The second-order valence-corrected chi connectivity index (χ2v) is 4.71. The van der Waals surface area contributed by atoms with E-state index in [-0.39, 0.29) is 0 Å². The van der Waals surface area contributed by atoms with E-state index in [2.05, 4.69) is 0 Å². The third-order valence-electron chi connectivity index (χ3n) is 2.81. The largest absolute Gasteiger partial charge is 0.497 e. The maximum absolute atomic E-state index is 10.4. The van der Waals surface area contributed by atoms with Gasteiger partial charge < -0.3 is 14.2 Å². The number of aldehydes is 2. The summed E-state index contributed by atoms with van der Waals surface area (Å²) in [6, 6.07) is 9.85. The van der Waals surface area contributed by atoms with Crippen molar-refractivity contribution in [1.82, 2.24) is 0 Å². The molecule has 0 spiro atoms. The van der Waals surface area contributed by atoms with Crippen LogP contribution in [0.25, 0.3) is 0 Å². The summed E-state index contributed by atoms with van der Waals surface area (Å²) in [6.07, 6.45) is 1.50. The lowest BCUT2D eigenvalue weighted by Crippen LogP contribution is -1.91. The van der Waals surface area contributed by atoms with Gasteiger partial charge in [-0.3, -0.25) is 9.59 Å². The SMILES string of the molecule is COc1cc(Cl)cc(C=O)c1.COc1ccc(C=O)cc1OC. The second kappa shape index (κ2) is 9.48. The summed E-state index contributed by atoms with van der Waals surface area (Å²) in [7, 11) is 4.62. The molecule has 2 rings (SSSR count). The Labute approximate surface area is 139 Å². The van der Waals surface area contributed by atoms with Gasteiger partial charge in [-0.1, -0.05) is 11.6 Å². The molecule has 0 fully saturated rings. The quantitative estimate of drug-likeness (QED) is 0.779. The highest BCUT2D eigenvalue weighted by Crippen LogP contribution is 2.26. The Morgan fingerprint density at radius 1 is 0.783 bits per heavy atom. The molecule has 122 valence electrons. The normalized spacial score (nSPS) is 9.22. The average molecular weight is 337 g/mol. The maximum atomic E-state index is 10.4. The van der Waals surface area contributed by atoms with E-state index < -0.39 is 0 Å². The summed E-state index contributed by atoms with van der Waals surface area (Å²) in [4.78, 5) is 20.7. The van der Waals surface area contributed by atoms with Crippen molar-refractivity contribution >= 4 is 24.2 Å². The third kappa shape index (κ3) is 5.64. The first-order valence-corrected chi connectivity index (χ1v) is 6.92. The van der Waals surface area contributed by atoms with Gasteiger partial charge in [0.2, 0.25) is 0 Å². The van der Waals surface area contributed by atoms with E-state index in [9.17, 15) is 9.59 Å². The van der Waals surface area contributed by atoms with Gasteiger partial charge in [0.15, 0.2) is 11.5 Å². The van der Waals surface area contributed by atoms with Gasteiger partial charge in [-0.2, -0.15) is 0 Å². The molecule has 0 N–H and O–H groups in total. The number of halogens is 1. The lowest BCUT2D eigenvalue weighted by Gasteiger charge is -2.06. The van der Waals surface area contributed by atoms with E-state index in [1.54, 1.807) is 43.5 Å². The van der Waals surface area contributed by atoms with E-state index in [0.29, 0.717) is 33.4 Å². The van der Waals surface area contributed by atoms with Gasteiger partial charge in [0, 0.05) is 16.1 Å². The molecule has 0 radical (unpaired) electrons. The lowest BCUT2D eigenvalue weighted by molar-refractivity contribution is 0.111. The number of hydrogen-bond donors (Lipinski definition) is 0. The van der Waals surface area contributed by atoms with Crippen LogP contribution in [0.1, 0.15) is 20.7 Å². The van der Waals surface area contributed by atoms with Crippen LogP contribution < -0.4 is 14.2 Å². The zero-order chi connectivity index (χ0) is 17.2. The van der Waals surface area contributed by atoms with Gasteiger partial charge in [-0.05, 0) is 36.4 Å². The number of carbonyl (C=O) groups is 2. The van der Waals surface area contributed by atoms with E-state index in [4.69, 9.17) is 25.8 Å². The molecular weight excluding hydrogens is 320 g/mol. The van der Waals surface area contributed by atoms with Crippen LogP contribution in [0.15, 0.2) is 36.4 Å². The van der Waals surface area contributed by atoms with Crippen LogP contribution in [0, 0.1) is 0 Å². The smallest absolute Gasteiger partial charge is 0.161 e. The molecule has 2 aromatic rings. The molecule has 0 aromatic heterocycles. The summed E-state index contributed by atoms with van der Waals surface area (Å²) >= 11 is 5.67. The highest BCUT2D eigenvalue weighted by molar-refractivity contribution is 6.31. The summed E-state index contributed by atoms with van der Waals surface area (Å²) in [5.41, 5.74) is 1.10. The number of rotatable bonds is 5. The maximum Gasteiger partial charge on any atom is 0.161 e. The summed E-state index contributed by atoms with van der Waals surface area (Å²) in [5.74, 6) is 1.80. The molecule has 2 aromatic carbocycles. The van der Waals surface area contributed by atoms with E-state index >= 15 is 0 Å². The minimum atomic E-state index is 0.506. The van der Waals surface area contributed by atoms with Crippen LogP contribution >= 0.6 is 11.6 Å². The van der Waals surface area contributed by atoms with Crippen molar-refractivity contribution in [3.63, 3.8) is 0 Å². The number of methoxy groups -OCH3 is 3. The highest BCUT2D eigenvalue weighted by atomic mass is 35.5. The zero-order valence-corrected chi connectivity index (χ0v) is 13.8. The molecule has 0 saturated carbocycles. The molecule has 0 heterocycles. The minimum absolute atomic E-state index is 0.506. The number of ether oxygens (including phenoxy) is 3. The van der Waals surface area contributed by atoms with Gasteiger partial charge in [0.25, 0.3) is 0 Å². The van der Waals surface area contributed by atoms with Crippen molar-refractivity contribution in [2.75, 3.05) is 21.3 Å². The first-order chi connectivity index (χ1) is 11.1. The van der Waals surface area contributed by atoms with Crippen molar-refractivity contribution in [3.05, 3.63) is 52.5 Å². The Bertz CT molecular complexity index is 670. The molecule has 0 amide bonds. The predicted octanol–water partition coefficient (Wildman–Crippen LogP) is 3.68. The molecule has 0 aliphatic carbocycles. The van der Waals surface area contributed by atoms with Crippen molar-refractivity contribution in [1.29, 1.82) is 0 Å². The minimum Gasteiger partial charge on any atom is -0.497 e.